The molecule has 1 aliphatic carbocycles. The smallest absolute Gasteiger partial charge is 0.186 e. The van der Waals surface area contributed by atoms with Crippen LogP contribution in [0.2, 0.25) is 0 Å². The van der Waals surface area contributed by atoms with Crippen LogP contribution >= 0.6 is 0 Å². The van der Waals surface area contributed by atoms with Gasteiger partial charge < -0.3 is 9.47 Å². The largest absolute Gasteiger partial charge is 0.494 e. The van der Waals surface area contributed by atoms with Crippen molar-refractivity contribution in [1.29, 1.82) is 0 Å². The molecule has 0 N–H and O–H groups in total. The maximum absolute atomic E-state index is 11.6. The predicted octanol–water partition coefficient (Wildman–Crippen LogP) is 2.00. The highest BCUT2D eigenvalue weighted by Gasteiger charge is 2.14. The van der Waals surface area contributed by atoms with Gasteiger partial charge in [-0.2, -0.15) is 0 Å². The first-order valence-electron chi connectivity index (χ1n) is 7.12. The van der Waals surface area contributed by atoms with Gasteiger partial charge in [-0.25, -0.2) is 0 Å². The van der Waals surface area contributed by atoms with Gasteiger partial charge in [-0.15, -0.1) is 0 Å². The van der Waals surface area contributed by atoms with Crippen LogP contribution in [0.1, 0.15) is 22.3 Å². The number of hydrogen-bond acceptors (Lipinski definition) is 4. The normalized spacial score (nSPS) is 18.3. The van der Waals surface area contributed by atoms with Crippen LogP contribution in [-0.2, 0) is 4.74 Å². The molecule has 2 aliphatic rings. The molecule has 1 aromatic rings. The molecule has 1 saturated heterocycles. The highest BCUT2D eigenvalue weighted by Crippen LogP contribution is 2.24. The lowest BCUT2D eigenvalue weighted by molar-refractivity contribution is 0.0358. The van der Waals surface area contributed by atoms with Crippen LogP contribution in [0.3, 0.4) is 0 Å². The van der Waals surface area contributed by atoms with Crippen molar-refractivity contribution < 1.29 is 14.3 Å². The first-order chi connectivity index (χ1) is 9.83. The molecule has 1 aliphatic heterocycles. The zero-order valence-corrected chi connectivity index (χ0v) is 11.5. The lowest BCUT2D eigenvalue weighted by Gasteiger charge is -2.26. The van der Waals surface area contributed by atoms with Crippen molar-refractivity contribution in [1.82, 2.24) is 4.90 Å². The van der Waals surface area contributed by atoms with Gasteiger partial charge in [-0.1, -0.05) is 12.1 Å². The first kappa shape index (κ1) is 13.3. The molecule has 1 fully saturated rings. The fraction of sp³-hybridized carbons (Fsp3) is 0.438. The van der Waals surface area contributed by atoms with Gasteiger partial charge >= 0.3 is 0 Å². The van der Waals surface area contributed by atoms with Crippen LogP contribution in [0.4, 0.5) is 0 Å². The third-order valence-corrected chi connectivity index (χ3v) is 3.70. The van der Waals surface area contributed by atoms with Gasteiger partial charge in [-0.05, 0) is 30.2 Å². The molecule has 0 radical (unpaired) electrons. The second-order valence-corrected chi connectivity index (χ2v) is 5.10. The Kier molecular flexibility index (Phi) is 4.14. The molecule has 0 bridgehead atoms. The molecule has 0 amide bonds. The molecule has 1 heterocycles. The number of ketones is 1. The molecule has 0 unspecified atom stereocenters. The Morgan fingerprint density at radius 2 is 2.05 bits per heavy atom. The highest BCUT2D eigenvalue weighted by atomic mass is 16.5. The summed E-state index contributed by atoms with van der Waals surface area (Å²) in [6.07, 6.45) is 4.44. The minimum Gasteiger partial charge on any atom is -0.494 e. The van der Waals surface area contributed by atoms with E-state index in [0.717, 1.165) is 56.1 Å². The molecular formula is C16H19NO3. The molecular weight excluding hydrogens is 254 g/mol. The Morgan fingerprint density at radius 1 is 1.20 bits per heavy atom. The Balaban J connectivity index is 1.45. The highest BCUT2D eigenvalue weighted by molar-refractivity contribution is 6.13. The fourth-order valence-electron chi connectivity index (χ4n) is 2.54. The number of benzene rings is 1. The molecule has 3 rings (SSSR count). The molecule has 4 nitrogen and oxygen atoms in total. The van der Waals surface area contributed by atoms with Crippen molar-refractivity contribution in [2.45, 2.75) is 6.42 Å². The minimum absolute atomic E-state index is 0.0683. The lowest BCUT2D eigenvalue weighted by Crippen LogP contribution is -2.37. The minimum atomic E-state index is 0.0683. The quantitative estimate of drug-likeness (QED) is 0.769. The molecule has 20 heavy (non-hydrogen) atoms. The first-order valence-corrected chi connectivity index (χ1v) is 7.12. The van der Waals surface area contributed by atoms with E-state index < -0.39 is 0 Å². The van der Waals surface area contributed by atoms with E-state index in [2.05, 4.69) is 4.90 Å². The summed E-state index contributed by atoms with van der Waals surface area (Å²) in [5.41, 5.74) is 1.73. The Labute approximate surface area is 119 Å². The Morgan fingerprint density at radius 3 is 2.90 bits per heavy atom. The number of carbonyl (C=O) groups is 1. The van der Waals surface area contributed by atoms with Gasteiger partial charge in [0.15, 0.2) is 5.78 Å². The summed E-state index contributed by atoms with van der Waals surface area (Å²) in [6, 6.07) is 5.71. The number of carbonyl (C=O) groups excluding carboxylic acids is 1. The van der Waals surface area contributed by atoms with E-state index in [-0.39, 0.29) is 5.78 Å². The van der Waals surface area contributed by atoms with Gasteiger partial charge in [0, 0.05) is 25.2 Å². The predicted molar refractivity (Wildman–Crippen MR) is 77.2 cm³/mol. The van der Waals surface area contributed by atoms with Gasteiger partial charge in [0.1, 0.15) is 5.75 Å². The van der Waals surface area contributed by atoms with Crippen LogP contribution in [0.5, 0.6) is 5.75 Å². The number of nitrogens with zero attached hydrogens (tertiary/aromatic N) is 1. The van der Waals surface area contributed by atoms with E-state index in [9.17, 15) is 4.79 Å². The third-order valence-electron chi connectivity index (χ3n) is 3.70. The summed E-state index contributed by atoms with van der Waals surface area (Å²) in [6.45, 7) is 5.41. The van der Waals surface area contributed by atoms with Crippen LogP contribution in [0.15, 0.2) is 24.3 Å². The van der Waals surface area contributed by atoms with Crippen LogP contribution in [0, 0.1) is 0 Å². The summed E-state index contributed by atoms with van der Waals surface area (Å²) in [5.74, 6) is 0.849. The number of allylic oxidation sites excluding steroid dienone is 1. The van der Waals surface area contributed by atoms with Crippen molar-refractivity contribution in [3.8, 4) is 5.75 Å². The maximum atomic E-state index is 11.6. The summed E-state index contributed by atoms with van der Waals surface area (Å²) in [4.78, 5) is 14.0. The average Bonchev–Trinajstić information content (AvgIpc) is 2.86. The van der Waals surface area contributed by atoms with Crippen molar-refractivity contribution >= 4 is 11.9 Å². The molecule has 0 aromatic heterocycles. The van der Waals surface area contributed by atoms with E-state index in [4.69, 9.17) is 9.47 Å². The summed E-state index contributed by atoms with van der Waals surface area (Å²) in [7, 11) is 0. The van der Waals surface area contributed by atoms with E-state index >= 15 is 0 Å². The standard InChI is InChI=1S/C16H19NO3/c18-16-5-3-13-2-4-14(12-15(13)16)20-9-1-6-17-7-10-19-11-8-17/h2-5,12H,1,6-11H2. The average molecular weight is 273 g/mol. The van der Waals surface area contributed by atoms with E-state index in [1.165, 1.54) is 0 Å². The van der Waals surface area contributed by atoms with Gasteiger partial charge in [0.2, 0.25) is 0 Å². The van der Waals surface area contributed by atoms with Crippen molar-refractivity contribution in [3.05, 3.63) is 35.4 Å². The topological polar surface area (TPSA) is 38.8 Å². The van der Waals surface area contributed by atoms with Crippen LogP contribution in [0.25, 0.3) is 6.08 Å². The van der Waals surface area contributed by atoms with Gasteiger partial charge in [0.05, 0.1) is 19.8 Å². The number of hydrogen-bond donors (Lipinski definition) is 0. The Bertz CT molecular complexity index is 518. The third kappa shape index (κ3) is 3.08. The lowest BCUT2D eigenvalue weighted by atomic mass is 10.1. The Hall–Kier alpha value is -1.65. The molecule has 106 valence electrons. The van der Waals surface area contributed by atoms with Crippen molar-refractivity contribution in [2.75, 3.05) is 39.5 Å². The van der Waals surface area contributed by atoms with E-state index in [1.807, 2.05) is 24.3 Å². The SMILES string of the molecule is O=C1C=Cc2ccc(OCCCN3CCOCC3)cc21. The van der Waals surface area contributed by atoms with Gasteiger partial charge in [0.25, 0.3) is 0 Å². The molecule has 0 atom stereocenters. The second kappa shape index (κ2) is 6.20. The molecule has 4 heteroatoms. The molecule has 0 spiro atoms. The number of ether oxygens (including phenoxy) is 2. The van der Waals surface area contributed by atoms with E-state index in [1.54, 1.807) is 6.08 Å². The van der Waals surface area contributed by atoms with Crippen LogP contribution in [-0.4, -0.2) is 50.1 Å². The zero-order chi connectivity index (χ0) is 13.8. The van der Waals surface area contributed by atoms with Crippen molar-refractivity contribution in [3.63, 3.8) is 0 Å². The number of rotatable bonds is 5. The summed E-state index contributed by atoms with van der Waals surface area (Å²) in [5, 5.41) is 0. The fourth-order valence-corrected chi connectivity index (χ4v) is 2.54. The number of morpholine rings is 1. The zero-order valence-electron chi connectivity index (χ0n) is 11.5. The second-order valence-electron chi connectivity index (χ2n) is 5.10. The van der Waals surface area contributed by atoms with Gasteiger partial charge in [-0.3, -0.25) is 9.69 Å². The van der Waals surface area contributed by atoms with E-state index in [0.29, 0.717) is 6.61 Å². The molecule has 0 saturated carbocycles. The maximum Gasteiger partial charge on any atom is 0.186 e. The monoisotopic (exact) mass is 273 g/mol. The van der Waals surface area contributed by atoms with Crippen LogP contribution < -0.4 is 4.74 Å². The van der Waals surface area contributed by atoms with Crippen molar-refractivity contribution in [2.24, 2.45) is 0 Å². The summed E-state index contributed by atoms with van der Waals surface area (Å²) >= 11 is 0. The number of fused-ring (bicyclic) bond motifs is 1. The summed E-state index contributed by atoms with van der Waals surface area (Å²) < 4.78 is 11.0. The molecule has 1 aromatic carbocycles.